The Hall–Kier alpha value is -1.50. The topological polar surface area (TPSA) is 70.4 Å². The van der Waals surface area contributed by atoms with Gasteiger partial charge in [-0.2, -0.15) is 4.98 Å². The number of rotatable bonds is 3. The summed E-state index contributed by atoms with van der Waals surface area (Å²) in [6.07, 6.45) is 5.98. The normalized spacial score (nSPS) is 24.3. The smallest absolute Gasteiger partial charge is 0.297 e. The average Bonchev–Trinajstić information content (AvgIpc) is 3.18. The van der Waals surface area contributed by atoms with Gasteiger partial charge in [0.15, 0.2) is 5.58 Å². The van der Waals surface area contributed by atoms with Crippen molar-refractivity contribution < 1.29 is 9.21 Å². The molecule has 1 saturated heterocycles. The molecule has 26 heavy (non-hydrogen) atoms. The van der Waals surface area contributed by atoms with Gasteiger partial charge in [-0.05, 0) is 43.4 Å². The first-order valence-electron chi connectivity index (χ1n) is 8.75. The van der Waals surface area contributed by atoms with Crippen LogP contribution in [-0.2, 0) is 4.79 Å². The van der Waals surface area contributed by atoms with E-state index in [4.69, 9.17) is 4.42 Å². The van der Waals surface area contributed by atoms with Gasteiger partial charge < -0.3 is 20.0 Å². The molecule has 4 rings (SSSR count). The van der Waals surface area contributed by atoms with E-state index < -0.39 is 0 Å². The Morgan fingerprint density at radius 2 is 2.04 bits per heavy atom. The van der Waals surface area contributed by atoms with Crippen LogP contribution in [0.4, 0.5) is 11.7 Å². The molecule has 2 fully saturated rings. The Morgan fingerprint density at radius 1 is 1.27 bits per heavy atom. The molecule has 2 aliphatic rings. The molecule has 8 heteroatoms. The monoisotopic (exact) mass is 400 g/mol. The van der Waals surface area contributed by atoms with Crippen LogP contribution >= 0.6 is 24.8 Å². The standard InChI is InChI=1S/C18H24N4O2.2ClH/c1-22(2)18-21-14-10-12(7-8-16(14)24-18)19-17(23)15-9-11-5-3-4-6-13(11)20-15;;/h7-8,10-11,13,15,20H,3-6,9H2,1-2H3,(H,19,23);2*1H. The lowest BCUT2D eigenvalue weighted by molar-refractivity contribution is -0.117. The van der Waals surface area contributed by atoms with Crippen molar-refractivity contribution in [2.45, 2.75) is 44.2 Å². The second-order valence-electron chi connectivity index (χ2n) is 7.17. The maximum atomic E-state index is 12.6. The first kappa shape index (κ1) is 20.8. The van der Waals surface area contributed by atoms with Gasteiger partial charge in [0.1, 0.15) is 5.52 Å². The van der Waals surface area contributed by atoms with Gasteiger partial charge >= 0.3 is 0 Å². The molecular weight excluding hydrogens is 375 g/mol. The lowest BCUT2D eigenvalue weighted by Gasteiger charge is -2.24. The van der Waals surface area contributed by atoms with Crippen molar-refractivity contribution in [1.29, 1.82) is 0 Å². The Morgan fingerprint density at radius 3 is 2.77 bits per heavy atom. The fourth-order valence-corrected chi connectivity index (χ4v) is 3.93. The molecule has 1 aromatic carbocycles. The van der Waals surface area contributed by atoms with Gasteiger partial charge in [-0.3, -0.25) is 4.79 Å². The number of amides is 1. The number of fused-ring (bicyclic) bond motifs is 2. The number of carbonyl (C=O) groups excluding carboxylic acids is 1. The van der Waals surface area contributed by atoms with Crippen molar-refractivity contribution in [2.24, 2.45) is 5.92 Å². The summed E-state index contributed by atoms with van der Waals surface area (Å²) in [6.45, 7) is 0. The molecule has 1 amide bonds. The van der Waals surface area contributed by atoms with Gasteiger partial charge in [0, 0.05) is 25.8 Å². The minimum Gasteiger partial charge on any atom is -0.423 e. The molecule has 1 aromatic heterocycles. The van der Waals surface area contributed by atoms with Gasteiger partial charge in [-0.1, -0.05) is 12.8 Å². The number of hydrogen-bond acceptors (Lipinski definition) is 5. The van der Waals surface area contributed by atoms with Crippen molar-refractivity contribution in [2.75, 3.05) is 24.3 Å². The molecule has 6 nitrogen and oxygen atoms in total. The van der Waals surface area contributed by atoms with E-state index in [0.29, 0.717) is 18.0 Å². The van der Waals surface area contributed by atoms with E-state index in [1.807, 2.05) is 37.2 Å². The molecule has 3 unspecified atom stereocenters. The van der Waals surface area contributed by atoms with Gasteiger partial charge in [-0.15, -0.1) is 24.8 Å². The number of halogens is 2. The zero-order valence-corrected chi connectivity index (χ0v) is 16.7. The Labute approximate surface area is 165 Å². The fraction of sp³-hybridized carbons (Fsp3) is 0.556. The number of hydrogen-bond donors (Lipinski definition) is 2. The molecule has 1 saturated carbocycles. The summed E-state index contributed by atoms with van der Waals surface area (Å²) in [4.78, 5) is 18.8. The van der Waals surface area contributed by atoms with Crippen LogP contribution in [0, 0.1) is 5.92 Å². The predicted octanol–water partition coefficient (Wildman–Crippen LogP) is 3.60. The highest BCUT2D eigenvalue weighted by Crippen LogP contribution is 2.33. The molecule has 0 radical (unpaired) electrons. The summed E-state index contributed by atoms with van der Waals surface area (Å²) in [7, 11) is 3.78. The molecule has 0 bridgehead atoms. The van der Waals surface area contributed by atoms with Crippen LogP contribution in [0.15, 0.2) is 22.6 Å². The van der Waals surface area contributed by atoms with Crippen LogP contribution in [-0.4, -0.2) is 37.1 Å². The summed E-state index contributed by atoms with van der Waals surface area (Å²) in [5.41, 5.74) is 2.24. The van der Waals surface area contributed by atoms with E-state index in [-0.39, 0.29) is 36.8 Å². The summed E-state index contributed by atoms with van der Waals surface area (Å²) < 4.78 is 5.64. The van der Waals surface area contributed by atoms with Crippen molar-refractivity contribution in [1.82, 2.24) is 10.3 Å². The zero-order valence-electron chi connectivity index (χ0n) is 15.0. The van der Waals surface area contributed by atoms with E-state index in [2.05, 4.69) is 15.6 Å². The van der Waals surface area contributed by atoms with E-state index in [0.717, 1.165) is 23.2 Å². The molecule has 3 atom stereocenters. The number of aromatic nitrogens is 1. The molecule has 2 heterocycles. The third kappa shape index (κ3) is 4.08. The quantitative estimate of drug-likeness (QED) is 0.823. The number of nitrogens with zero attached hydrogens (tertiary/aromatic N) is 2. The highest BCUT2D eigenvalue weighted by Gasteiger charge is 2.38. The number of oxazole rings is 1. The van der Waals surface area contributed by atoms with Crippen molar-refractivity contribution in [3.63, 3.8) is 0 Å². The molecule has 2 N–H and O–H groups in total. The van der Waals surface area contributed by atoms with E-state index in [9.17, 15) is 4.79 Å². The average molecular weight is 401 g/mol. The largest absolute Gasteiger partial charge is 0.423 e. The highest BCUT2D eigenvalue weighted by molar-refractivity contribution is 5.96. The lowest BCUT2D eigenvalue weighted by atomic mass is 9.85. The lowest BCUT2D eigenvalue weighted by Crippen LogP contribution is -2.39. The van der Waals surface area contributed by atoms with Crippen LogP contribution in [0.2, 0.25) is 0 Å². The maximum absolute atomic E-state index is 12.6. The second-order valence-corrected chi connectivity index (χ2v) is 7.17. The molecule has 1 aliphatic heterocycles. The highest BCUT2D eigenvalue weighted by atomic mass is 35.5. The minimum atomic E-state index is -0.0801. The van der Waals surface area contributed by atoms with Crippen LogP contribution in [0.1, 0.15) is 32.1 Å². The Balaban J connectivity index is 0.00000121. The predicted molar refractivity (Wildman–Crippen MR) is 109 cm³/mol. The second kappa shape index (κ2) is 8.46. The number of anilines is 2. The molecule has 144 valence electrons. The van der Waals surface area contributed by atoms with Crippen LogP contribution in [0.5, 0.6) is 0 Å². The van der Waals surface area contributed by atoms with E-state index >= 15 is 0 Å². The minimum absolute atomic E-state index is 0. The van der Waals surface area contributed by atoms with Crippen molar-refractivity contribution in [3.8, 4) is 0 Å². The van der Waals surface area contributed by atoms with Crippen LogP contribution in [0.25, 0.3) is 11.1 Å². The van der Waals surface area contributed by atoms with Gasteiger partial charge in [-0.25, -0.2) is 0 Å². The molecular formula is C18H26Cl2N4O2. The van der Waals surface area contributed by atoms with Crippen LogP contribution in [0.3, 0.4) is 0 Å². The SMILES string of the molecule is CN(C)c1nc2cc(NC(=O)C3CC4CCCCC4N3)ccc2o1.Cl.Cl. The molecule has 1 aliphatic carbocycles. The van der Waals surface area contributed by atoms with E-state index in [1.165, 1.54) is 25.7 Å². The summed E-state index contributed by atoms with van der Waals surface area (Å²) in [6, 6.07) is 6.60. The Kier molecular flexibility index (Phi) is 6.77. The number of benzene rings is 1. The summed E-state index contributed by atoms with van der Waals surface area (Å²) in [5.74, 6) is 0.718. The van der Waals surface area contributed by atoms with Gasteiger partial charge in [0.05, 0.1) is 6.04 Å². The Bertz CT molecular complexity index is 751. The van der Waals surface area contributed by atoms with E-state index in [1.54, 1.807) is 0 Å². The zero-order chi connectivity index (χ0) is 16.7. The fourth-order valence-electron chi connectivity index (χ4n) is 3.93. The third-order valence-corrected chi connectivity index (χ3v) is 5.21. The number of nitrogens with one attached hydrogen (secondary N) is 2. The molecule has 2 aromatic rings. The molecule has 0 spiro atoms. The van der Waals surface area contributed by atoms with Crippen molar-refractivity contribution >= 4 is 53.5 Å². The number of carbonyl (C=O) groups is 1. The van der Waals surface area contributed by atoms with Gasteiger partial charge in [0.2, 0.25) is 5.91 Å². The summed E-state index contributed by atoms with van der Waals surface area (Å²) >= 11 is 0. The summed E-state index contributed by atoms with van der Waals surface area (Å²) in [5, 5.41) is 6.54. The van der Waals surface area contributed by atoms with Crippen molar-refractivity contribution in [3.05, 3.63) is 18.2 Å². The van der Waals surface area contributed by atoms with Crippen LogP contribution < -0.4 is 15.5 Å². The third-order valence-electron chi connectivity index (χ3n) is 5.21. The van der Waals surface area contributed by atoms with Gasteiger partial charge in [0.25, 0.3) is 6.01 Å². The first-order valence-corrected chi connectivity index (χ1v) is 8.75. The maximum Gasteiger partial charge on any atom is 0.297 e. The first-order chi connectivity index (χ1) is 11.6.